The zero-order valence-corrected chi connectivity index (χ0v) is 12.3. The number of hydrogen-bond donors (Lipinski definition) is 1. The highest BCUT2D eigenvalue weighted by molar-refractivity contribution is 5.15. The van der Waals surface area contributed by atoms with Gasteiger partial charge in [-0.2, -0.15) is 0 Å². The zero-order valence-electron chi connectivity index (χ0n) is 12.3. The molecule has 0 aliphatic heterocycles. The van der Waals surface area contributed by atoms with Gasteiger partial charge < -0.3 is 9.84 Å². The van der Waals surface area contributed by atoms with Crippen molar-refractivity contribution >= 4 is 0 Å². The lowest BCUT2D eigenvalue weighted by Gasteiger charge is -2.39. The monoisotopic (exact) mass is 252 g/mol. The molecule has 0 bridgehead atoms. The molecule has 5 atom stereocenters. The molecule has 18 heavy (non-hydrogen) atoms. The number of ether oxygens (including phenoxy) is 1. The van der Waals surface area contributed by atoms with Crippen LogP contribution >= 0.6 is 0 Å². The molecular formula is C16H28O2. The third-order valence-corrected chi connectivity index (χ3v) is 6.59. The maximum atomic E-state index is 9.88. The number of aliphatic hydroxyl groups excluding tert-OH is 1. The Morgan fingerprint density at radius 1 is 1.11 bits per heavy atom. The molecular weight excluding hydrogens is 224 g/mol. The van der Waals surface area contributed by atoms with Gasteiger partial charge in [-0.1, -0.05) is 20.8 Å². The number of rotatable bonds is 2. The Hall–Kier alpha value is -0.0800. The Balaban J connectivity index is 1.96. The minimum atomic E-state index is -0.248. The lowest BCUT2D eigenvalue weighted by molar-refractivity contribution is -0.0961. The minimum absolute atomic E-state index is 0.196. The molecule has 0 spiro atoms. The predicted octanol–water partition coefficient (Wildman–Crippen LogP) is 3.24. The van der Waals surface area contributed by atoms with Crippen molar-refractivity contribution in [2.75, 3.05) is 13.7 Å². The first kappa shape index (κ1) is 12.9. The van der Waals surface area contributed by atoms with Crippen molar-refractivity contribution in [3.63, 3.8) is 0 Å². The highest BCUT2D eigenvalue weighted by Gasteiger charge is 2.65. The van der Waals surface area contributed by atoms with Crippen LogP contribution in [-0.4, -0.2) is 24.4 Å². The van der Waals surface area contributed by atoms with Crippen LogP contribution in [0.4, 0.5) is 0 Å². The number of methoxy groups -OCH3 is 1. The first-order chi connectivity index (χ1) is 8.37. The van der Waals surface area contributed by atoms with Gasteiger partial charge in [0.05, 0.1) is 12.2 Å². The summed E-state index contributed by atoms with van der Waals surface area (Å²) in [6, 6.07) is 0. The van der Waals surface area contributed by atoms with Gasteiger partial charge in [-0.3, -0.25) is 0 Å². The van der Waals surface area contributed by atoms with Crippen molar-refractivity contribution in [1.29, 1.82) is 0 Å². The van der Waals surface area contributed by atoms with Gasteiger partial charge in [0.2, 0.25) is 0 Å². The molecule has 3 fully saturated rings. The molecule has 0 amide bonds. The largest absolute Gasteiger partial charge is 0.393 e. The lowest BCUT2D eigenvalue weighted by Crippen LogP contribution is -2.43. The minimum Gasteiger partial charge on any atom is -0.393 e. The van der Waals surface area contributed by atoms with E-state index >= 15 is 0 Å². The third kappa shape index (κ3) is 1.61. The molecule has 3 saturated carbocycles. The average molecular weight is 252 g/mol. The lowest BCUT2D eigenvalue weighted by atomic mass is 9.72. The van der Waals surface area contributed by atoms with Gasteiger partial charge in [-0.15, -0.1) is 0 Å². The molecule has 0 heterocycles. The predicted molar refractivity (Wildman–Crippen MR) is 72.3 cm³/mol. The smallest absolute Gasteiger partial charge is 0.0939 e. The summed E-state index contributed by atoms with van der Waals surface area (Å²) in [5.74, 6) is 2.25. The molecule has 1 N–H and O–H groups in total. The van der Waals surface area contributed by atoms with E-state index in [9.17, 15) is 5.11 Å². The molecule has 0 unspecified atom stereocenters. The van der Waals surface area contributed by atoms with Crippen LogP contribution in [0.1, 0.15) is 52.9 Å². The van der Waals surface area contributed by atoms with Gasteiger partial charge in [0.1, 0.15) is 0 Å². The first-order valence-corrected chi connectivity index (χ1v) is 7.53. The van der Waals surface area contributed by atoms with Gasteiger partial charge in [0.25, 0.3) is 0 Å². The standard InChI is InChI=1S/C16H28O2/c1-14(2)7-11-8-15(11,3)12-5-6-16(10-17,18-4)13(12)9-14/h11-13,17H,5-10H2,1-4H3/t11-,12+,13-,15+,16-/m0/s1. The summed E-state index contributed by atoms with van der Waals surface area (Å²) < 4.78 is 5.83. The Bertz CT molecular complexity index is 345. The second-order valence-corrected chi connectivity index (χ2v) is 8.16. The van der Waals surface area contributed by atoms with Crippen molar-refractivity contribution in [3.05, 3.63) is 0 Å². The molecule has 0 aromatic rings. The fourth-order valence-corrected chi connectivity index (χ4v) is 5.36. The van der Waals surface area contributed by atoms with Crippen molar-refractivity contribution < 1.29 is 9.84 Å². The van der Waals surface area contributed by atoms with Gasteiger partial charge in [-0.05, 0) is 60.7 Å². The molecule has 2 nitrogen and oxygen atoms in total. The molecule has 0 saturated heterocycles. The third-order valence-electron chi connectivity index (χ3n) is 6.59. The van der Waals surface area contributed by atoms with Gasteiger partial charge in [-0.25, -0.2) is 0 Å². The summed E-state index contributed by atoms with van der Waals surface area (Å²) in [4.78, 5) is 0. The van der Waals surface area contributed by atoms with Crippen molar-refractivity contribution in [3.8, 4) is 0 Å². The molecule has 104 valence electrons. The van der Waals surface area contributed by atoms with E-state index in [1.807, 2.05) is 0 Å². The van der Waals surface area contributed by atoms with E-state index in [1.165, 1.54) is 25.7 Å². The normalized spacial score (nSPS) is 53.5. The summed E-state index contributed by atoms with van der Waals surface area (Å²) in [7, 11) is 1.79. The SMILES string of the molecule is CO[C@]1(CO)CC[C@@H]2[C@@H]1CC(C)(C)C[C@H]1C[C@]12C. The van der Waals surface area contributed by atoms with Crippen molar-refractivity contribution in [2.24, 2.45) is 28.6 Å². The van der Waals surface area contributed by atoms with E-state index in [1.54, 1.807) is 7.11 Å². The van der Waals surface area contributed by atoms with Crippen LogP contribution < -0.4 is 0 Å². The van der Waals surface area contributed by atoms with E-state index < -0.39 is 0 Å². The summed E-state index contributed by atoms with van der Waals surface area (Å²) in [6.07, 6.45) is 6.29. The molecule has 2 heteroatoms. The maximum Gasteiger partial charge on any atom is 0.0939 e. The molecule has 0 aromatic heterocycles. The van der Waals surface area contributed by atoms with Crippen LogP contribution in [0.5, 0.6) is 0 Å². The maximum absolute atomic E-state index is 9.88. The van der Waals surface area contributed by atoms with Crippen LogP contribution in [0.3, 0.4) is 0 Å². The summed E-state index contributed by atoms with van der Waals surface area (Å²) in [5, 5.41) is 9.88. The van der Waals surface area contributed by atoms with Crippen molar-refractivity contribution in [1.82, 2.24) is 0 Å². The fraction of sp³-hybridized carbons (Fsp3) is 1.00. The Kier molecular flexibility index (Phi) is 2.68. The van der Waals surface area contributed by atoms with Crippen LogP contribution in [0, 0.1) is 28.6 Å². The molecule has 0 radical (unpaired) electrons. The number of aliphatic hydroxyl groups is 1. The number of hydrogen-bond acceptors (Lipinski definition) is 2. The van der Waals surface area contributed by atoms with E-state index in [-0.39, 0.29) is 12.2 Å². The average Bonchev–Trinajstić information content (AvgIpc) is 2.81. The van der Waals surface area contributed by atoms with Crippen LogP contribution in [0.15, 0.2) is 0 Å². The van der Waals surface area contributed by atoms with Crippen molar-refractivity contribution in [2.45, 2.75) is 58.5 Å². The van der Waals surface area contributed by atoms with Gasteiger partial charge in [0.15, 0.2) is 0 Å². The van der Waals surface area contributed by atoms with E-state index in [0.717, 1.165) is 18.3 Å². The summed E-state index contributed by atoms with van der Waals surface area (Å²) in [5.41, 5.74) is 0.710. The Morgan fingerprint density at radius 2 is 1.83 bits per heavy atom. The summed E-state index contributed by atoms with van der Waals surface area (Å²) in [6.45, 7) is 7.50. The molecule has 3 aliphatic carbocycles. The fourth-order valence-electron chi connectivity index (χ4n) is 5.36. The van der Waals surface area contributed by atoms with E-state index in [4.69, 9.17) is 4.74 Å². The highest BCUT2D eigenvalue weighted by atomic mass is 16.5. The molecule has 3 rings (SSSR count). The van der Waals surface area contributed by atoms with Gasteiger partial charge in [0, 0.05) is 7.11 Å². The number of fused-ring (bicyclic) bond motifs is 3. The molecule has 3 aliphatic rings. The zero-order chi connectivity index (χ0) is 13.2. The topological polar surface area (TPSA) is 29.5 Å². The highest BCUT2D eigenvalue weighted by Crippen LogP contribution is 2.71. The van der Waals surface area contributed by atoms with Crippen LogP contribution in [0.25, 0.3) is 0 Å². The first-order valence-electron chi connectivity index (χ1n) is 7.53. The Labute approximate surface area is 111 Å². The van der Waals surface area contributed by atoms with E-state index in [0.29, 0.717) is 16.7 Å². The second kappa shape index (κ2) is 3.73. The quantitative estimate of drug-likeness (QED) is 0.817. The summed E-state index contributed by atoms with van der Waals surface area (Å²) >= 11 is 0. The molecule has 0 aromatic carbocycles. The van der Waals surface area contributed by atoms with Crippen LogP contribution in [-0.2, 0) is 4.74 Å². The van der Waals surface area contributed by atoms with Crippen LogP contribution in [0.2, 0.25) is 0 Å². The van der Waals surface area contributed by atoms with E-state index in [2.05, 4.69) is 20.8 Å². The van der Waals surface area contributed by atoms with Gasteiger partial charge >= 0.3 is 0 Å². The Morgan fingerprint density at radius 3 is 2.44 bits per heavy atom. The second-order valence-electron chi connectivity index (χ2n) is 8.16.